The summed E-state index contributed by atoms with van der Waals surface area (Å²) in [6.07, 6.45) is 0. The van der Waals surface area contributed by atoms with Crippen LogP contribution in [-0.4, -0.2) is 15.3 Å². The van der Waals surface area contributed by atoms with Crippen LogP contribution in [0, 0.1) is 13.8 Å². The van der Waals surface area contributed by atoms with Gasteiger partial charge < -0.3 is 5.32 Å². The van der Waals surface area contributed by atoms with Crippen molar-refractivity contribution in [1.82, 2.24) is 9.38 Å². The average molecular weight is 384 g/mol. The van der Waals surface area contributed by atoms with Gasteiger partial charge in [0.25, 0.3) is 11.5 Å². The summed E-state index contributed by atoms with van der Waals surface area (Å²) in [5.41, 5.74) is 3.90. The molecule has 4 aromatic rings. The van der Waals surface area contributed by atoms with E-state index in [1.54, 1.807) is 28.7 Å². The lowest BCUT2D eigenvalue weighted by Crippen LogP contribution is -2.17. The Morgan fingerprint density at radius 3 is 2.65 bits per heavy atom. The fourth-order valence-electron chi connectivity index (χ4n) is 2.75. The highest BCUT2D eigenvalue weighted by Gasteiger charge is 2.15. The van der Waals surface area contributed by atoms with Gasteiger partial charge in [0.15, 0.2) is 4.96 Å². The van der Waals surface area contributed by atoms with Crippen molar-refractivity contribution in [2.75, 3.05) is 5.32 Å². The third-order valence-corrected chi connectivity index (χ3v) is 5.57. The second kappa shape index (κ2) is 6.23. The minimum absolute atomic E-state index is 0.283. The molecule has 26 heavy (non-hydrogen) atoms. The molecule has 1 amide bonds. The van der Waals surface area contributed by atoms with Gasteiger partial charge in [0, 0.05) is 6.07 Å². The number of aromatic nitrogens is 2. The lowest BCUT2D eigenvalue weighted by atomic mass is 10.1. The summed E-state index contributed by atoms with van der Waals surface area (Å²) in [7, 11) is 0. The predicted molar refractivity (Wildman–Crippen MR) is 106 cm³/mol. The molecule has 2 aromatic carbocycles. The molecule has 7 heteroatoms. The number of benzene rings is 2. The number of anilines is 1. The van der Waals surface area contributed by atoms with Gasteiger partial charge in [0.1, 0.15) is 4.88 Å². The monoisotopic (exact) mass is 383 g/mol. The molecular formula is C19H14ClN3O2S. The molecule has 130 valence electrons. The Morgan fingerprint density at radius 2 is 1.88 bits per heavy atom. The molecule has 0 bridgehead atoms. The van der Waals surface area contributed by atoms with Crippen LogP contribution in [0.1, 0.15) is 20.8 Å². The third kappa shape index (κ3) is 2.77. The molecule has 0 aliphatic rings. The largest absolute Gasteiger partial charge is 0.320 e. The average Bonchev–Trinajstić information content (AvgIpc) is 2.95. The molecule has 0 radical (unpaired) electrons. The number of hydrogen-bond acceptors (Lipinski definition) is 4. The van der Waals surface area contributed by atoms with Crippen molar-refractivity contribution in [2.24, 2.45) is 0 Å². The highest BCUT2D eigenvalue weighted by molar-refractivity contribution is 7.18. The van der Waals surface area contributed by atoms with Gasteiger partial charge in [0.05, 0.1) is 21.7 Å². The number of halogens is 1. The number of aryl methyl sites for hydroxylation is 2. The van der Waals surface area contributed by atoms with E-state index in [1.165, 1.54) is 17.4 Å². The molecular weight excluding hydrogens is 370 g/mol. The number of para-hydroxylation sites is 1. The first-order valence-electron chi connectivity index (χ1n) is 7.93. The van der Waals surface area contributed by atoms with Crippen LogP contribution in [0.2, 0.25) is 5.02 Å². The van der Waals surface area contributed by atoms with Crippen LogP contribution in [-0.2, 0) is 0 Å². The quantitative estimate of drug-likeness (QED) is 0.557. The molecule has 0 aliphatic carbocycles. The van der Waals surface area contributed by atoms with Crippen molar-refractivity contribution >= 4 is 50.5 Å². The van der Waals surface area contributed by atoms with Gasteiger partial charge in [0.2, 0.25) is 0 Å². The Morgan fingerprint density at radius 1 is 1.15 bits per heavy atom. The number of hydrogen-bond donors (Lipinski definition) is 1. The van der Waals surface area contributed by atoms with E-state index >= 15 is 0 Å². The summed E-state index contributed by atoms with van der Waals surface area (Å²) in [5.74, 6) is -0.387. The number of fused-ring (bicyclic) bond motifs is 3. The normalized spacial score (nSPS) is 11.2. The smallest absolute Gasteiger partial charge is 0.266 e. The standard InChI is InChI=1S/C19H14ClN3O2S/c1-10-7-14-15(8-11(10)2)23-17(24)9-16(26-19(23)22-14)18(25)21-13-6-4-3-5-12(13)20/h3-9H,1-2H3,(H,21,25). The maximum absolute atomic E-state index is 12.6. The second-order valence-corrected chi connectivity index (χ2v) is 7.45. The van der Waals surface area contributed by atoms with E-state index < -0.39 is 0 Å². The van der Waals surface area contributed by atoms with Crippen molar-refractivity contribution in [3.63, 3.8) is 0 Å². The molecule has 5 nitrogen and oxygen atoms in total. The number of carbonyl (C=O) groups excluding carboxylic acids is 1. The minimum Gasteiger partial charge on any atom is -0.320 e. The molecule has 1 N–H and O–H groups in total. The summed E-state index contributed by atoms with van der Waals surface area (Å²) in [6, 6.07) is 12.2. The van der Waals surface area contributed by atoms with E-state index in [1.807, 2.05) is 26.0 Å². The van der Waals surface area contributed by atoms with Crippen LogP contribution in [0.5, 0.6) is 0 Å². The molecule has 0 saturated carbocycles. The maximum Gasteiger partial charge on any atom is 0.266 e. The molecule has 0 fully saturated rings. The summed E-state index contributed by atoms with van der Waals surface area (Å²) >= 11 is 7.24. The van der Waals surface area contributed by atoms with E-state index in [0.717, 1.165) is 22.2 Å². The van der Waals surface area contributed by atoms with E-state index in [-0.39, 0.29) is 16.3 Å². The maximum atomic E-state index is 12.6. The van der Waals surface area contributed by atoms with Crippen molar-refractivity contribution in [3.8, 4) is 0 Å². The van der Waals surface area contributed by atoms with E-state index in [2.05, 4.69) is 10.3 Å². The van der Waals surface area contributed by atoms with Crippen LogP contribution in [0.4, 0.5) is 5.69 Å². The topological polar surface area (TPSA) is 63.5 Å². The number of amides is 1. The highest BCUT2D eigenvalue weighted by atomic mass is 35.5. The van der Waals surface area contributed by atoms with Gasteiger partial charge in [-0.25, -0.2) is 4.98 Å². The third-order valence-electron chi connectivity index (χ3n) is 4.26. The minimum atomic E-state index is -0.387. The first-order chi connectivity index (χ1) is 12.4. The van der Waals surface area contributed by atoms with E-state index in [0.29, 0.717) is 15.7 Å². The predicted octanol–water partition coefficient (Wildman–Crippen LogP) is 4.43. The summed E-state index contributed by atoms with van der Waals surface area (Å²) in [5, 5.41) is 3.17. The molecule has 4 rings (SSSR count). The number of nitrogens with zero attached hydrogens (tertiary/aromatic N) is 2. The second-order valence-electron chi connectivity index (χ2n) is 6.04. The zero-order chi connectivity index (χ0) is 18.4. The van der Waals surface area contributed by atoms with Gasteiger partial charge in [-0.2, -0.15) is 0 Å². The Kier molecular flexibility index (Phi) is 4.01. The first kappa shape index (κ1) is 16.8. The first-order valence-corrected chi connectivity index (χ1v) is 9.13. The summed E-state index contributed by atoms with van der Waals surface area (Å²) in [6.45, 7) is 4.00. The molecule has 0 saturated heterocycles. The fraction of sp³-hybridized carbons (Fsp3) is 0.105. The van der Waals surface area contributed by atoms with Gasteiger partial charge in [-0.05, 0) is 49.2 Å². The Labute approximate surface area is 157 Å². The van der Waals surface area contributed by atoms with Crippen molar-refractivity contribution in [3.05, 3.63) is 73.8 Å². The fourth-order valence-corrected chi connectivity index (χ4v) is 3.86. The summed E-state index contributed by atoms with van der Waals surface area (Å²) in [4.78, 5) is 30.5. The Bertz CT molecular complexity index is 1240. The molecule has 0 aliphatic heterocycles. The molecule has 0 spiro atoms. The van der Waals surface area contributed by atoms with Crippen molar-refractivity contribution in [1.29, 1.82) is 0 Å². The van der Waals surface area contributed by atoms with Crippen LogP contribution >= 0.6 is 22.9 Å². The van der Waals surface area contributed by atoms with Crippen molar-refractivity contribution < 1.29 is 4.79 Å². The lowest BCUT2D eigenvalue weighted by molar-refractivity contribution is 0.103. The highest BCUT2D eigenvalue weighted by Crippen LogP contribution is 2.24. The number of rotatable bonds is 2. The van der Waals surface area contributed by atoms with Gasteiger partial charge in [-0.1, -0.05) is 35.1 Å². The van der Waals surface area contributed by atoms with Gasteiger partial charge in [-0.15, -0.1) is 0 Å². The number of carbonyl (C=O) groups is 1. The summed E-state index contributed by atoms with van der Waals surface area (Å²) < 4.78 is 1.54. The molecule has 0 atom stereocenters. The van der Waals surface area contributed by atoms with Crippen LogP contribution in [0.25, 0.3) is 16.0 Å². The zero-order valence-corrected chi connectivity index (χ0v) is 15.6. The zero-order valence-electron chi connectivity index (χ0n) is 14.0. The Balaban J connectivity index is 1.82. The van der Waals surface area contributed by atoms with Crippen molar-refractivity contribution in [2.45, 2.75) is 13.8 Å². The van der Waals surface area contributed by atoms with E-state index in [4.69, 9.17) is 11.6 Å². The van der Waals surface area contributed by atoms with Crippen LogP contribution in [0.15, 0.2) is 47.3 Å². The van der Waals surface area contributed by atoms with Crippen LogP contribution < -0.4 is 10.9 Å². The van der Waals surface area contributed by atoms with Gasteiger partial charge in [-0.3, -0.25) is 14.0 Å². The van der Waals surface area contributed by atoms with E-state index in [9.17, 15) is 9.59 Å². The molecule has 2 aromatic heterocycles. The molecule has 0 unspecified atom stereocenters. The van der Waals surface area contributed by atoms with Crippen LogP contribution in [0.3, 0.4) is 0 Å². The SMILES string of the molecule is Cc1cc2nc3sc(C(=O)Nc4ccccc4Cl)cc(=O)n3c2cc1C. The number of nitrogens with one attached hydrogen (secondary N) is 1. The Hall–Kier alpha value is -2.70. The molecule has 2 heterocycles. The lowest BCUT2D eigenvalue weighted by Gasteiger charge is -2.06. The number of imidazole rings is 1. The van der Waals surface area contributed by atoms with Gasteiger partial charge >= 0.3 is 0 Å².